The summed E-state index contributed by atoms with van der Waals surface area (Å²) in [4.78, 5) is 16.4. The highest BCUT2D eigenvalue weighted by atomic mass is 16.5. The van der Waals surface area contributed by atoms with Gasteiger partial charge in [0.2, 0.25) is 11.8 Å². The molecule has 2 atom stereocenters. The predicted molar refractivity (Wildman–Crippen MR) is 88.5 cm³/mol. The average Bonchev–Trinajstić information content (AvgIpc) is 3.04. The highest BCUT2D eigenvalue weighted by Crippen LogP contribution is 2.24. The third-order valence-corrected chi connectivity index (χ3v) is 4.45. The first-order valence-corrected chi connectivity index (χ1v) is 8.25. The van der Waals surface area contributed by atoms with Crippen molar-refractivity contribution in [2.24, 2.45) is 5.92 Å². The minimum absolute atomic E-state index is 0.0117. The molecule has 0 aromatic carbocycles. The monoisotopic (exact) mass is 316 g/mol. The Labute approximate surface area is 137 Å². The molecule has 0 saturated carbocycles. The first-order chi connectivity index (χ1) is 11.1. The first kappa shape index (κ1) is 15.8. The first-order valence-electron chi connectivity index (χ1n) is 8.25. The number of rotatable bonds is 4. The molecule has 124 valence electrons. The summed E-state index contributed by atoms with van der Waals surface area (Å²) in [6.07, 6.45) is 8.00. The van der Waals surface area contributed by atoms with E-state index in [0.29, 0.717) is 12.4 Å². The van der Waals surface area contributed by atoms with Crippen LogP contribution in [0.3, 0.4) is 0 Å². The number of amides is 1. The molecule has 1 amide bonds. The standard InChI is InChI=1S/C17H24N4O2/c1-20(2)15-8-9-16(19-18-15)23-14-10-11-21(12-14)17(22)13-6-4-3-5-7-13/h3-4,8-9,13-14H,5-7,10-12H2,1-2H3/t13-,14+/m0/s1. The van der Waals surface area contributed by atoms with Crippen molar-refractivity contribution in [1.29, 1.82) is 0 Å². The highest BCUT2D eigenvalue weighted by Gasteiger charge is 2.31. The van der Waals surface area contributed by atoms with Crippen LogP contribution < -0.4 is 9.64 Å². The van der Waals surface area contributed by atoms with Gasteiger partial charge in [-0.2, -0.15) is 0 Å². The van der Waals surface area contributed by atoms with Gasteiger partial charge in [0.05, 0.1) is 6.54 Å². The molecule has 2 aliphatic rings. The van der Waals surface area contributed by atoms with E-state index in [1.165, 1.54) is 0 Å². The van der Waals surface area contributed by atoms with Crippen LogP contribution in [0.5, 0.6) is 5.88 Å². The lowest BCUT2D eigenvalue weighted by Gasteiger charge is -2.24. The lowest BCUT2D eigenvalue weighted by molar-refractivity contribution is -0.135. The molecule has 1 aliphatic carbocycles. The third-order valence-electron chi connectivity index (χ3n) is 4.45. The molecule has 0 spiro atoms. The summed E-state index contributed by atoms with van der Waals surface area (Å²) in [7, 11) is 3.84. The summed E-state index contributed by atoms with van der Waals surface area (Å²) < 4.78 is 5.88. The molecular formula is C17H24N4O2. The van der Waals surface area contributed by atoms with Crippen LogP contribution in [-0.2, 0) is 4.79 Å². The van der Waals surface area contributed by atoms with Crippen LogP contribution in [-0.4, -0.2) is 54.3 Å². The van der Waals surface area contributed by atoms with E-state index in [2.05, 4.69) is 22.3 Å². The van der Waals surface area contributed by atoms with Gasteiger partial charge in [0, 0.05) is 39.0 Å². The number of hydrogen-bond donors (Lipinski definition) is 0. The van der Waals surface area contributed by atoms with Gasteiger partial charge >= 0.3 is 0 Å². The van der Waals surface area contributed by atoms with Gasteiger partial charge in [-0.3, -0.25) is 4.79 Å². The number of allylic oxidation sites excluding steroid dienone is 2. The highest BCUT2D eigenvalue weighted by molar-refractivity contribution is 5.79. The summed E-state index contributed by atoms with van der Waals surface area (Å²) in [5, 5.41) is 8.21. The number of nitrogens with zero attached hydrogens (tertiary/aromatic N) is 4. The summed E-state index contributed by atoms with van der Waals surface area (Å²) in [5.74, 6) is 1.74. The molecule has 1 saturated heterocycles. The summed E-state index contributed by atoms with van der Waals surface area (Å²) in [6, 6.07) is 3.72. The number of hydrogen-bond acceptors (Lipinski definition) is 5. The Morgan fingerprint density at radius 3 is 2.78 bits per heavy atom. The third kappa shape index (κ3) is 3.81. The van der Waals surface area contributed by atoms with Crippen LogP contribution in [0.25, 0.3) is 0 Å². The van der Waals surface area contributed by atoms with Gasteiger partial charge in [0.1, 0.15) is 6.10 Å². The fraction of sp³-hybridized carbons (Fsp3) is 0.588. The fourth-order valence-electron chi connectivity index (χ4n) is 3.09. The second-order valence-corrected chi connectivity index (χ2v) is 6.42. The smallest absolute Gasteiger partial charge is 0.233 e. The molecule has 1 aromatic rings. The Bertz CT molecular complexity index is 570. The van der Waals surface area contributed by atoms with E-state index < -0.39 is 0 Å². The lowest BCUT2D eigenvalue weighted by Crippen LogP contribution is -2.36. The van der Waals surface area contributed by atoms with Crippen molar-refractivity contribution >= 4 is 11.7 Å². The minimum atomic E-state index is 0.0117. The zero-order chi connectivity index (χ0) is 16.2. The quantitative estimate of drug-likeness (QED) is 0.794. The summed E-state index contributed by atoms with van der Waals surface area (Å²) >= 11 is 0. The normalized spacial score (nSPS) is 23.8. The maximum atomic E-state index is 12.5. The molecule has 1 aromatic heterocycles. The Morgan fingerprint density at radius 1 is 1.26 bits per heavy atom. The molecule has 23 heavy (non-hydrogen) atoms. The van der Waals surface area contributed by atoms with Gasteiger partial charge < -0.3 is 14.5 Å². The van der Waals surface area contributed by atoms with Crippen molar-refractivity contribution in [1.82, 2.24) is 15.1 Å². The molecule has 0 N–H and O–H groups in total. The van der Waals surface area contributed by atoms with Crippen LogP contribution in [0, 0.1) is 5.92 Å². The van der Waals surface area contributed by atoms with Crippen molar-refractivity contribution in [3.8, 4) is 5.88 Å². The second kappa shape index (κ2) is 6.98. The van der Waals surface area contributed by atoms with Gasteiger partial charge in [-0.05, 0) is 25.3 Å². The maximum Gasteiger partial charge on any atom is 0.233 e. The number of aromatic nitrogens is 2. The number of likely N-dealkylation sites (tertiary alicyclic amines) is 1. The van der Waals surface area contributed by atoms with Crippen LogP contribution in [0.1, 0.15) is 25.7 Å². The molecule has 6 heteroatoms. The van der Waals surface area contributed by atoms with Gasteiger partial charge in [-0.15, -0.1) is 10.2 Å². The van der Waals surface area contributed by atoms with Crippen LogP contribution in [0.15, 0.2) is 24.3 Å². The fourth-order valence-corrected chi connectivity index (χ4v) is 3.09. The van der Waals surface area contributed by atoms with E-state index >= 15 is 0 Å². The van der Waals surface area contributed by atoms with Crippen LogP contribution in [0.2, 0.25) is 0 Å². The number of anilines is 1. The SMILES string of the molecule is CN(C)c1ccc(O[C@@H]2CCN(C(=O)[C@H]3CC=CCC3)C2)nn1. The number of carbonyl (C=O) groups excluding carboxylic acids is 1. The van der Waals surface area contributed by atoms with Crippen molar-refractivity contribution in [3.05, 3.63) is 24.3 Å². The Balaban J connectivity index is 1.53. The van der Waals surface area contributed by atoms with Crippen molar-refractivity contribution < 1.29 is 9.53 Å². The molecule has 0 bridgehead atoms. The van der Waals surface area contributed by atoms with Gasteiger partial charge in [-0.1, -0.05) is 12.2 Å². The predicted octanol–water partition coefficient (Wildman–Crippen LogP) is 1.88. The van der Waals surface area contributed by atoms with Crippen molar-refractivity contribution in [2.45, 2.75) is 31.8 Å². The van der Waals surface area contributed by atoms with E-state index in [1.807, 2.05) is 36.0 Å². The topological polar surface area (TPSA) is 58.6 Å². The van der Waals surface area contributed by atoms with Gasteiger partial charge in [0.15, 0.2) is 5.82 Å². The van der Waals surface area contributed by atoms with Crippen LogP contribution >= 0.6 is 0 Å². The molecule has 0 unspecified atom stereocenters. The molecule has 0 radical (unpaired) electrons. The van der Waals surface area contributed by atoms with Crippen molar-refractivity contribution in [3.63, 3.8) is 0 Å². The maximum absolute atomic E-state index is 12.5. The van der Waals surface area contributed by atoms with Gasteiger partial charge in [0.25, 0.3) is 0 Å². The molecular weight excluding hydrogens is 292 g/mol. The van der Waals surface area contributed by atoms with Crippen LogP contribution in [0.4, 0.5) is 5.82 Å². The number of carbonyl (C=O) groups is 1. The van der Waals surface area contributed by atoms with E-state index in [4.69, 9.17) is 4.74 Å². The zero-order valence-electron chi connectivity index (χ0n) is 13.8. The van der Waals surface area contributed by atoms with E-state index in [0.717, 1.165) is 38.0 Å². The largest absolute Gasteiger partial charge is 0.471 e. The molecule has 6 nitrogen and oxygen atoms in total. The number of ether oxygens (including phenoxy) is 1. The lowest BCUT2D eigenvalue weighted by atomic mass is 9.93. The minimum Gasteiger partial charge on any atom is -0.471 e. The van der Waals surface area contributed by atoms with Crippen molar-refractivity contribution in [2.75, 3.05) is 32.1 Å². The molecule has 3 rings (SSSR count). The van der Waals surface area contributed by atoms with E-state index in [9.17, 15) is 4.79 Å². The van der Waals surface area contributed by atoms with E-state index in [1.54, 1.807) is 0 Å². The molecule has 1 aliphatic heterocycles. The average molecular weight is 316 g/mol. The van der Waals surface area contributed by atoms with Gasteiger partial charge in [-0.25, -0.2) is 0 Å². The Kier molecular flexibility index (Phi) is 4.79. The Morgan fingerprint density at radius 2 is 2.13 bits per heavy atom. The second-order valence-electron chi connectivity index (χ2n) is 6.42. The Hall–Kier alpha value is -2.11. The van der Waals surface area contributed by atoms with E-state index in [-0.39, 0.29) is 17.9 Å². The molecule has 2 heterocycles. The molecule has 1 fully saturated rings. The zero-order valence-corrected chi connectivity index (χ0v) is 13.8. The summed E-state index contributed by atoms with van der Waals surface area (Å²) in [5.41, 5.74) is 0. The summed E-state index contributed by atoms with van der Waals surface area (Å²) in [6.45, 7) is 1.42.